The topological polar surface area (TPSA) is 12.7 Å². The van der Waals surface area contributed by atoms with E-state index in [0.717, 1.165) is 25.0 Å². The third-order valence-corrected chi connectivity index (χ3v) is 16.2. The Hall–Kier alpha value is -5.36. The molecule has 8 aromatic rings. The van der Waals surface area contributed by atoms with Crippen LogP contribution in [0.15, 0.2) is 140 Å². The van der Waals surface area contributed by atoms with Gasteiger partial charge in [-0.1, -0.05) is 126 Å². The van der Waals surface area contributed by atoms with Crippen LogP contribution in [0.25, 0.3) is 76.0 Å². The molecule has 5 aromatic carbocycles. The van der Waals surface area contributed by atoms with Gasteiger partial charge >= 0.3 is 5.82 Å². The van der Waals surface area contributed by atoms with Gasteiger partial charge in [0.15, 0.2) is 23.3 Å². The largest absolute Gasteiger partial charge is 0.301 e. The van der Waals surface area contributed by atoms with Crippen LogP contribution >= 0.6 is 11.3 Å². The summed E-state index contributed by atoms with van der Waals surface area (Å²) in [6, 6.07) is 41.6. The number of aryl methyl sites for hydroxylation is 1. The van der Waals surface area contributed by atoms with Gasteiger partial charge in [0, 0.05) is 43.6 Å². The van der Waals surface area contributed by atoms with E-state index in [1.54, 1.807) is 0 Å². The third-order valence-electron chi connectivity index (χ3n) is 13.0. The smallest absolute Gasteiger partial charge is 0.195 e. The van der Waals surface area contributed by atoms with E-state index in [4.69, 9.17) is 6.58 Å². The zero-order valence-corrected chi connectivity index (χ0v) is 35.9. The zero-order chi connectivity index (χ0) is 39.3. The minimum Gasteiger partial charge on any atom is -0.195 e. The lowest BCUT2D eigenvalue weighted by molar-refractivity contribution is -0.719. The molecule has 0 bridgehead atoms. The van der Waals surface area contributed by atoms with Crippen LogP contribution in [0.4, 0.5) is 0 Å². The van der Waals surface area contributed by atoms with Gasteiger partial charge in [0.25, 0.3) is 0 Å². The Labute approximate surface area is 341 Å². The maximum absolute atomic E-state index is 5.13. The Kier molecular flexibility index (Phi) is 8.44. The lowest BCUT2D eigenvalue weighted by atomic mass is 9.77. The van der Waals surface area contributed by atoms with Crippen LogP contribution in [0, 0.1) is 5.92 Å². The van der Waals surface area contributed by atoms with Gasteiger partial charge in [-0.2, -0.15) is 13.7 Å². The number of fused-ring (bicyclic) bond motifs is 17. The average molecular weight is 778 g/mol. The Morgan fingerprint density at radius 2 is 1.61 bits per heavy atom. The highest BCUT2D eigenvalue weighted by atomic mass is 32.1. The van der Waals surface area contributed by atoms with E-state index >= 15 is 0 Å². The normalized spacial score (nSPS) is 17.3. The maximum Gasteiger partial charge on any atom is 0.301 e. The molecule has 3 nitrogen and oxygen atoms in total. The lowest BCUT2D eigenvalue weighted by Crippen LogP contribution is -2.53. The van der Waals surface area contributed by atoms with Crippen molar-refractivity contribution in [3.8, 4) is 22.6 Å². The minimum atomic E-state index is -1.60. The Morgan fingerprint density at radius 1 is 0.860 bits per heavy atom. The number of hydrogen-bond acceptors (Lipinski definition) is 1. The molecule has 0 saturated carbocycles. The number of aromatic nitrogens is 3. The van der Waals surface area contributed by atoms with Gasteiger partial charge in [0.2, 0.25) is 5.69 Å². The number of pyridine rings is 1. The first-order valence-corrected chi connectivity index (χ1v) is 24.9. The van der Waals surface area contributed by atoms with Crippen LogP contribution in [0.2, 0.25) is 19.6 Å². The highest BCUT2D eigenvalue weighted by Gasteiger charge is 2.44. The molecule has 0 amide bonds. The van der Waals surface area contributed by atoms with E-state index in [9.17, 15) is 0 Å². The van der Waals surface area contributed by atoms with Crippen molar-refractivity contribution in [3.63, 3.8) is 0 Å². The van der Waals surface area contributed by atoms with Gasteiger partial charge in [-0.25, -0.2) is 0 Å². The standard InChI is InChI=1S/C52H51N3SSi/c1-9-38(32(2)3)34(5)55-50-39-17-11-10-16-35(39)24-28-46(50)54-33(4)30-47-42(40-18-12-13-19-41(40)45-29-25-37(31-53(45)47)57(6,7)8)26-22-36-23-27-44-43-20-14-15-21-48(43)56-51(44)49(36)52(54)55/h9-21,23-25,27-29,31-32,42,47H,1,4,22,26,30H2,2-3,5-8H3/q+2/b38-34-. The average Bonchev–Trinajstić information content (AvgIpc) is 3.76. The Morgan fingerprint density at radius 3 is 2.40 bits per heavy atom. The summed E-state index contributed by atoms with van der Waals surface area (Å²) in [6.45, 7) is 23.8. The van der Waals surface area contributed by atoms with Gasteiger partial charge in [-0.15, -0.1) is 11.3 Å². The molecule has 2 aliphatic heterocycles. The second-order valence-electron chi connectivity index (χ2n) is 17.7. The summed E-state index contributed by atoms with van der Waals surface area (Å²) >= 11 is 1.94. The van der Waals surface area contributed by atoms with Crippen LogP contribution < -0.4 is 14.3 Å². The van der Waals surface area contributed by atoms with E-state index in [1.165, 1.54) is 92.2 Å². The maximum atomic E-state index is 5.13. The highest BCUT2D eigenvalue weighted by molar-refractivity contribution is 7.26. The van der Waals surface area contributed by atoms with Crippen molar-refractivity contribution in [2.45, 2.75) is 71.6 Å². The molecule has 0 spiro atoms. The van der Waals surface area contributed by atoms with Crippen LogP contribution in [-0.2, 0) is 6.42 Å². The Balaban J connectivity index is 1.36. The minimum absolute atomic E-state index is 0.212. The van der Waals surface area contributed by atoms with Crippen molar-refractivity contribution < 1.29 is 9.13 Å². The molecule has 2 atom stereocenters. The molecule has 0 radical (unpaired) electrons. The van der Waals surface area contributed by atoms with Crippen molar-refractivity contribution in [2.24, 2.45) is 5.92 Å². The molecule has 0 aliphatic carbocycles. The molecule has 0 N–H and O–H groups in total. The Bertz CT molecular complexity index is 3020. The van der Waals surface area contributed by atoms with E-state index < -0.39 is 8.07 Å². The quantitative estimate of drug-likeness (QED) is 0.0959. The fourth-order valence-corrected chi connectivity index (χ4v) is 12.6. The second-order valence-corrected chi connectivity index (χ2v) is 23.8. The van der Waals surface area contributed by atoms with Crippen molar-refractivity contribution in [1.29, 1.82) is 0 Å². The fraction of sp³-hybridized carbons (Fsp3) is 0.231. The van der Waals surface area contributed by atoms with Gasteiger partial charge < -0.3 is 0 Å². The number of allylic oxidation sites excluding steroid dienone is 4. The SMILES string of the molecule is C=C/C(=C(\C)n1c2[n+](c3ccc4ccccc4c31)C(=C)CC1C(CCc3ccc4c(sc5ccccc54)c3-2)c2ccccc2-c2ccc([Si](C)(C)C)c[n+]21)C(C)C. The second kappa shape index (κ2) is 13.4. The van der Waals surface area contributed by atoms with E-state index in [2.05, 4.69) is 182 Å². The molecular formula is C52H51N3SSi+2. The molecule has 10 rings (SSSR count). The zero-order valence-electron chi connectivity index (χ0n) is 34.1. The molecule has 5 heteroatoms. The molecule has 57 heavy (non-hydrogen) atoms. The van der Waals surface area contributed by atoms with Crippen LogP contribution in [-0.4, -0.2) is 12.6 Å². The first kappa shape index (κ1) is 36.0. The van der Waals surface area contributed by atoms with Gasteiger partial charge in [-0.3, -0.25) is 0 Å². The van der Waals surface area contributed by atoms with Crippen molar-refractivity contribution in [1.82, 2.24) is 4.57 Å². The molecule has 5 heterocycles. The van der Waals surface area contributed by atoms with E-state index in [-0.39, 0.29) is 6.04 Å². The number of imidazole rings is 1. The van der Waals surface area contributed by atoms with Crippen LogP contribution in [0.5, 0.6) is 0 Å². The summed E-state index contributed by atoms with van der Waals surface area (Å²) in [5.41, 5.74) is 12.9. The number of rotatable bonds is 4. The first-order chi connectivity index (χ1) is 27.5. The van der Waals surface area contributed by atoms with Crippen molar-refractivity contribution in [3.05, 3.63) is 151 Å². The highest BCUT2D eigenvalue weighted by Crippen LogP contribution is 2.48. The van der Waals surface area contributed by atoms with Crippen molar-refractivity contribution >= 4 is 78.0 Å². The first-order valence-electron chi connectivity index (χ1n) is 20.6. The lowest BCUT2D eigenvalue weighted by Gasteiger charge is -2.32. The summed E-state index contributed by atoms with van der Waals surface area (Å²) < 4.78 is 10.5. The number of thiophene rings is 1. The van der Waals surface area contributed by atoms with Gasteiger partial charge in [0.05, 0.1) is 24.8 Å². The van der Waals surface area contributed by atoms with Crippen LogP contribution in [0.3, 0.4) is 0 Å². The molecule has 282 valence electrons. The monoisotopic (exact) mass is 777 g/mol. The van der Waals surface area contributed by atoms with Gasteiger partial charge in [0.1, 0.15) is 11.4 Å². The summed E-state index contributed by atoms with van der Waals surface area (Å²) in [7, 11) is -1.60. The summed E-state index contributed by atoms with van der Waals surface area (Å²) in [5, 5.41) is 6.63. The summed E-state index contributed by atoms with van der Waals surface area (Å²) in [4.78, 5) is 0. The molecule has 0 saturated heterocycles. The summed E-state index contributed by atoms with van der Waals surface area (Å²) in [6.07, 6.45) is 7.45. The van der Waals surface area contributed by atoms with E-state index in [0.29, 0.717) is 11.8 Å². The molecule has 2 unspecified atom stereocenters. The predicted octanol–water partition coefficient (Wildman–Crippen LogP) is 12.8. The predicted molar refractivity (Wildman–Crippen MR) is 247 cm³/mol. The third kappa shape index (κ3) is 5.50. The molecule has 3 aromatic heterocycles. The van der Waals surface area contributed by atoms with Crippen LogP contribution in [0.1, 0.15) is 56.7 Å². The molecular weight excluding hydrogens is 727 g/mol. The fourth-order valence-electron chi connectivity index (χ4n) is 10.2. The summed E-state index contributed by atoms with van der Waals surface area (Å²) in [5.74, 6) is 1.82. The number of nitrogens with zero attached hydrogens (tertiary/aromatic N) is 3. The number of hydrogen-bond donors (Lipinski definition) is 0. The molecule has 2 aliphatic rings. The number of benzene rings is 5. The van der Waals surface area contributed by atoms with Crippen molar-refractivity contribution in [2.75, 3.05) is 0 Å². The van der Waals surface area contributed by atoms with E-state index in [1.807, 2.05) is 11.3 Å². The molecule has 0 fully saturated rings. The van der Waals surface area contributed by atoms with Gasteiger partial charge in [-0.05, 0) is 78.1 Å².